The number of likely N-dealkylation sites (tertiary alicyclic amines) is 2. The van der Waals surface area contributed by atoms with Crippen molar-refractivity contribution < 1.29 is 9.90 Å². The molecule has 2 N–H and O–H groups in total. The van der Waals surface area contributed by atoms with Crippen LogP contribution in [0.2, 0.25) is 10.0 Å². The van der Waals surface area contributed by atoms with E-state index in [0.717, 1.165) is 37.1 Å². The molecule has 1 amide bonds. The van der Waals surface area contributed by atoms with Crippen LogP contribution in [-0.4, -0.2) is 74.5 Å². The Balaban J connectivity index is 1.16. The van der Waals surface area contributed by atoms with Crippen LogP contribution >= 0.6 is 23.2 Å². The van der Waals surface area contributed by atoms with E-state index in [-0.39, 0.29) is 12.5 Å². The van der Waals surface area contributed by atoms with Gasteiger partial charge in [-0.05, 0) is 43.5 Å². The smallest absolute Gasteiger partial charge is 0.241 e. The number of pyridine rings is 1. The molecule has 0 bridgehead atoms. The Morgan fingerprint density at radius 2 is 1.91 bits per heavy atom. The van der Waals surface area contributed by atoms with Gasteiger partial charge < -0.3 is 15.3 Å². The summed E-state index contributed by atoms with van der Waals surface area (Å²) in [6.45, 7) is 3.12. The van der Waals surface area contributed by atoms with E-state index in [2.05, 4.69) is 25.2 Å². The summed E-state index contributed by atoms with van der Waals surface area (Å²) in [6, 6.07) is 9.36. The highest BCUT2D eigenvalue weighted by atomic mass is 35.5. The number of amides is 1. The Labute approximate surface area is 207 Å². The van der Waals surface area contributed by atoms with E-state index >= 15 is 0 Å². The van der Waals surface area contributed by atoms with Crippen LogP contribution in [0.5, 0.6) is 0 Å². The summed E-state index contributed by atoms with van der Waals surface area (Å²) in [7, 11) is 0. The fourth-order valence-corrected chi connectivity index (χ4v) is 5.20. The van der Waals surface area contributed by atoms with Crippen LogP contribution in [0.3, 0.4) is 0 Å². The SMILES string of the molecule is O=C(CNc1ncnc2cc(Cl)c(Cl)cc12)N1CCC(N2CCC(O)(c3ccccn3)CC2)C1. The number of anilines is 1. The third-order valence-electron chi connectivity index (χ3n) is 6.88. The highest BCUT2D eigenvalue weighted by molar-refractivity contribution is 6.42. The fraction of sp³-hybridized carbons (Fsp3) is 0.417. The van der Waals surface area contributed by atoms with E-state index in [1.165, 1.54) is 6.33 Å². The van der Waals surface area contributed by atoms with Gasteiger partial charge in [-0.3, -0.25) is 14.7 Å². The number of carbonyl (C=O) groups is 1. The number of fused-ring (bicyclic) bond motifs is 1. The van der Waals surface area contributed by atoms with E-state index in [4.69, 9.17) is 23.2 Å². The van der Waals surface area contributed by atoms with Gasteiger partial charge in [0, 0.05) is 43.8 Å². The second-order valence-corrected chi connectivity index (χ2v) is 9.74. The number of aliphatic hydroxyl groups is 1. The molecule has 2 aliphatic heterocycles. The van der Waals surface area contributed by atoms with Crippen molar-refractivity contribution in [3.63, 3.8) is 0 Å². The van der Waals surface area contributed by atoms with Gasteiger partial charge in [-0.1, -0.05) is 29.3 Å². The molecule has 8 nitrogen and oxygen atoms in total. The predicted octanol–water partition coefficient (Wildman–Crippen LogP) is 3.33. The van der Waals surface area contributed by atoms with Crippen LogP contribution in [0.4, 0.5) is 5.82 Å². The zero-order valence-electron chi connectivity index (χ0n) is 18.6. The second-order valence-electron chi connectivity index (χ2n) is 8.92. The molecule has 1 aromatic carbocycles. The number of nitrogens with one attached hydrogen (secondary N) is 1. The third-order valence-corrected chi connectivity index (χ3v) is 7.61. The van der Waals surface area contributed by atoms with Crippen LogP contribution in [0.15, 0.2) is 42.9 Å². The van der Waals surface area contributed by atoms with Gasteiger partial charge in [0.15, 0.2) is 0 Å². The minimum atomic E-state index is -0.872. The van der Waals surface area contributed by atoms with Gasteiger partial charge >= 0.3 is 0 Å². The van der Waals surface area contributed by atoms with Gasteiger partial charge in [-0.15, -0.1) is 0 Å². The quantitative estimate of drug-likeness (QED) is 0.554. The van der Waals surface area contributed by atoms with Gasteiger partial charge in [0.1, 0.15) is 17.7 Å². The third kappa shape index (κ3) is 4.68. The number of aromatic nitrogens is 3. The maximum absolute atomic E-state index is 12.9. The molecule has 0 radical (unpaired) electrons. The molecule has 2 aliphatic rings. The molecular formula is C24H26Cl2N6O2. The lowest BCUT2D eigenvalue weighted by Gasteiger charge is -2.40. The summed E-state index contributed by atoms with van der Waals surface area (Å²) in [5.74, 6) is 0.578. The molecule has 2 aromatic heterocycles. The minimum absolute atomic E-state index is 0.0244. The number of hydrogen-bond acceptors (Lipinski definition) is 7. The number of halogens is 2. The average molecular weight is 501 g/mol. The first-order valence-electron chi connectivity index (χ1n) is 11.4. The summed E-state index contributed by atoms with van der Waals surface area (Å²) < 4.78 is 0. The number of rotatable bonds is 5. The molecule has 0 saturated carbocycles. The zero-order valence-corrected chi connectivity index (χ0v) is 20.1. The maximum atomic E-state index is 12.9. The van der Waals surface area contributed by atoms with Gasteiger partial charge in [0.25, 0.3) is 0 Å². The van der Waals surface area contributed by atoms with E-state index in [1.807, 2.05) is 23.1 Å². The van der Waals surface area contributed by atoms with Crippen LogP contribution in [0.25, 0.3) is 10.9 Å². The van der Waals surface area contributed by atoms with Gasteiger partial charge in [0.2, 0.25) is 5.91 Å². The van der Waals surface area contributed by atoms with Crippen molar-refractivity contribution >= 4 is 45.8 Å². The molecule has 3 aromatic rings. The summed E-state index contributed by atoms with van der Waals surface area (Å²) in [5.41, 5.74) is 0.532. The molecular weight excluding hydrogens is 475 g/mol. The standard InChI is InChI=1S/C24H26Cl2N6O2/c25-18-11-17-20(12-19(18)26)29-15-30-23(17)28-13-22(33)32-8-4-16(14-32)31-9-5-24(34,6-10-31)21-3-1-2-7-27-21/h1-3,7,11-12,15-16,34H,4-6,8-10,13-14H2,(H,28,29,30). The van der Waals surface area contributed by atoms with Crippen molar-refractivity contribution in [3.05, 3.63) is 58.6 Å². The lowest BCUT2D eigenvalue weighted by Crippen LogP contribution is -2.48. The number of carbonyl (C=O) groups excluding carboxylic acids is 1. The summed E-state index contributed by atoms with van der Waals surface area (Å²) in [5, 5.41) is 15.7. The lowest BCUT2D eigenvalue weighted by molar-refractivity contribution is -0.128. The van der Waals surface area contributed by atoms with Gasteiger partial charge in [-0.2, -0.15) is 0 Å². The first-order valence-corrected chi connectivity index (χ1v) is 12.2. The van der Waals surface area contributed by atoms with Crippen molar-refractivity contribution in [1.82, 2.24) is 24.8 Å². The normalized spacial score (nSPS) is 20.6. The van der Waals surface area contributed by atoms with E-state index in [0.29, 0.717) is 46.8 Å². The zero-order chi connectivity index (χ0) is 23.7. The molecule has 178 valence electrons. The summed E-state index contributed by atoms with van der Waals surface area (Å²) in [4.78, 5) is 30.0. The van der Waals surface area contributed by atoms with Crippen molar-refractivity contribution in [2.45, 2.75) is 30.9 Å². The molecule has 2 saturated heterocycles. The molecule has 2 fully saturated rings. The number of piperidine rings is 1. The number of hydrogen-bond donors (Lipinski definition) is 2. The summed E-state index contributed by atoms with van der Waals surface area (Å²) >= 11 is 12.2. The van der Waals surface area contributed by atoms with Crippen molar-refractivity contribution in [2.75, 3.05) is 38.0 Å². The van der Waals surface area contributed by atoms with Gasteiger partial charge in [-0.25, -0.2) is 9.97 Å². The van der Waals surface area contributed by atoms with Crippen LogP contribution in [0.1, 0.15) is 25.0 Å². The minimum Gasteiger partial charge on any atom is -0.383 e. The van der Waals surface area contributed by atoms with E-state index in [1.54, 1.807) is 18.3 Å². The monoisotopic (exact) mass is 500 g/mol. The van der Waals surface area contributed by atoms with Crippen LogP contribution in [0, 0.1) is 0 Å². The fourth-order valence-electron chi connectivity index (χ4n) is 4.88. The molecule has 4 heterocycles. The molecule has 34 heavy (non-hydrogen) atoms. The van der Waals surface area contributed by atoms with Crippen molar-refractivity contribution in [2.24, 2.45) is 0 Å². The first-order chi connectivity index (χ1) is 16.4. The molecule has 1 atom stereocenters. The summed E-state index contributed by atoms with van der Waals surface area (Å²) in [6.07, 6.45) is 5.38. The van der Waals surface area contributed by atoms with Crippen LogP contribution < -0.4 is 5.32 Å². The van der Waals surface area contributed by atoms with Crippen molar-refractivity contribution in [3.8, 4) is 0 Å². The van der Waals surface area contributed by atoms with Crippen molar-refractivity contribution in [1.29, 1.82) is 0 Å². The second kappa shape index (κ2) is 9.62. The maximum Gasteiger partial charge on any atom is 0.241 e. The number of nitrogens with zero attached hydrogens (tertiary/aromatic N) is 5. The molecule has 0 spiro atoms. The molecule has 5 rings (SSSR count). The Hall–Kier alpha value is -2.52. The first kappa shape index (κ1) is 23.2. The average Bonchev–Trinajstić information content (AvgIpc) is 3.35. The molecule has 0 aliphatic carbocycles. The Bertz CT molecular complexity index is 1190. The Morgan fingerprint density at radius 3 is 2.68 bits per heavy atom. The lowest BCUT2D eigenvalue weighted by atomic mass is 9.87. The highest BCUT2D eigenvalue weighted by Gasteiger charge is 2.39. The van der Waals surface area contributed by atoms with Gasteiger partial charge in [0.05, 0.1) is 27.8 Å². The van der Waals surface area contributed by atoms with Crippen LogP contribution in [-0.2, 0) is 10.4 Å². The molecule has 10 heteroatoms. The Morgan fingerprint density at radius 1 is 1.12 bits per heavy atom. The highest BCUT2D eigenvalue weighted by Crippen LogP contribution is 2.33. The molecule has 1 unspecified atom stereocenters. The van der Waals surface area contributed by atoms with E-state index in [9.17, 15) is 9.90 Å². The topological polar surface area (TPSA) is 94.5 Å². The van der Waals surface area contributed by atoms with E-state index < -0.39 is 5.60 Å². The number of benzene rings is 1. The Kier molecular flexibility index (Phi) is 6.57. The predicted molar refractivity (Wildman–Crippen MR) is 132 cm³/mol. The largest absolute Gasteiger partial charge is 0.383 e.